The van der Waals surface area contributed by atoms with Crippen molar-refractivity contribution in [1.29, 1.82) is 0 Å². The number of nitrogens with zero attached hydrogens (tertiary/aromatic N) is 1. The number of nitrogens with two attached hydrogens (primary N) is 1. The van der Waals surface area contributed by atoms with E-state index in [0.717, 1.165) is 3.79 Å². The summed E-state index contributed by atoms with van der Waals surface area (Å²) < 4.78 is 27.0. The zero-order valence-corrected chi connectivity index (χ0v) is 12.7. The molecule has 0 aliphatic rings. The number of sulfonamides is 1. The van der Waals surface area contributed by atoms with Crippen LogP contribution in [-0.2, 0) is 10.0 Å². The lowest BCUT2D eigenvalue weighted by Crippen LogP contribution is -2.26. The number of para-hydroxylation sites is 2. The number of thiophene rings is 1. The molecule has 18 heavy (non-hydrogen) atoms. The molecule has 2 rings (SSSR count). The van der Waals surface area contributed by atoms with Gasteiger partial charge in [-0.1, -0.05) is 12.1 Å². The van der Waals surface area contributed by atoms with Gasteiger partial charge in [0.25, 0.3) is 10.0 Å². The fraction of sp³-hybridized carbons (Fsp3) is 0.0909. The van der Waals surface area contributed by atoms with Crippen LogP contribution in [0.1, 0.15) is 0 Å². The normalized spacial score (nSPS) is 11.4. The van der Waals surface area contributed by atoms with E-state index < -0.39 is 10.0 Å². The summed E-state index contributed by atoms with van der Waals surface area (Å²) in [7, 11) is -2.06. The van der Waals surface area contributed by atoms with Gasteiger partial charge in [0.2, 0.25) is 0 Å². The van der Waals surface area contributed by atoms with Gasteiger partial charge in [-0.3, -0.25) is 4.31 Å². The average molecular weight is 347 g/mol. The molecule has 1 aromatic heterocycles. The van der Waals surface area contributed by atoms with Crippen LogP contribution in [-0.4, -0.2) is 15.5 Å². The number of hydrogen-bond donors (Lipinski definition) is 1. The Bertz CT molecular complexity index is 667. The van der Waals surface area contributed by atoms with E-state index in [4.69, 9.17) is 5.73 Å². The summed E-state index contributed by atoms with van der Waals surface area (Å²) in [5.74, 6) is 0. The van der Waals surface area contributed by atoms with Gasteiger partial charge in [0, 0.05) is 7.05 Å². The Morgan fingerprint density at radius 1 is 1.22 bits per heavy atom. The standard InChI is InChI=1S/C11H11BrN2O2S2/c1-14(9-5-3-2-4-8(9)13)18(15,16)11-7-6-10(12)17-11/h2-7H,13H2,1H3. The topological polar surface area (TPSA) is 63.4 Å². The third-order valence-electron chi connectivity index (χ3n) is 2.44. The highest BCUT2D eigenvalue weighted by molar-refractivity contribution is 9.11. The van der Waals surface area contributed by atoms with Gasteiger partial charge in [0.05, 0.1) is 15.2 Å². The Hall–Kier alpha value is -1.05. The van der Waals surface area contributed by atoms with E-state index in [1.54, 1.807) is 36.4 Å². The number of halogens is 1. The van der Waals surface area contributed by atoms with Crippen molar-refractivity contribution < 1.29 is 8.42 Å². The molecule has 0 amide bonds. The first-order valence-corrected chi connectivity index (χ1v) is 8.06. The Morgan fingerprint density at radius 2 is 1.89 bits per heavy atom. The first kappa shape index (κ1) is 13.4. The Balaban J connectivity index is 2.46. The average Bonchev–Trinajstić information content (AvgIpc) is 2.76. The maximum Gasteiger partial charge on any atom is 0.273 e. The highest BCUT2D eigenvalue weighted by Crippen LogP contribution is 2.32. The summed E-state index contributed by atoms with van der Waals surface area (Å²) in [6, 6.07) is 10.1. The van der Waals surface area contributed by atoms with Crippen molar-refractivity contribution in [3.8, 4) is 0 Å². The van der Waals surface area contributed by atoms with E-state index in [-0.39, 0.29) is 4.21 Å². The lowest BCUT2D eigenvalue weighted by Gasteiger charge is -2.19. The second kappa shape index (κ2) is 4.91. The molecule has 0 unspecified atom stereocenters. The zero-order chi connectivity index (χ0) is 13.3. The van der Waals surface area contributed by atoms with E-state index in [2.05, 4.69) is 15.9 Å². The highest BCUT2D eigenvalue weighted by Gasteiger charge is 2.24. The van der Waals surface area contributed by atoms with E-state index in [1.807, 2.05) is 0 Å². The molecule has 0 bridgehead atoms. The minimum Gasteiger partial charge on any atom is -0.397 e. The van der Waals surface area contributed by atoms with Gasteiger partial charge < -0.3 is 5.73 Å². The predicted molar refractivity (Wildman–Crippen MR) is 78.5 cm³/mol. The zero-order valence-electron chi connectivity index (χ0n) is 9.50. The van der Waals surface area contributed by atoms with Crippen molar-refractivity contribution in [2.24, 2.45) is 0 Å². The highest BCUT2D eigenvalue weighted by atomic mass is 79.9. The molecular weight excluding hydrogens is 336 g/mol. The fourth-order valence-electron chi connectivity index (χ4n) is 1.48. The molecule has 4 nitrogen and oxygen atoms in total. The van der Waals surface area contributed by atoms with E-state index in [9.17, 15) is 8.42 Å². The van der Waals surface area contributed by atoms with Crippen molar-refractivity contribution in [2.75, 3.05) is 17.1 Å². The molecule has 96 valence electrons. The van der Waals surface area contributed by atoms with Crippen molar-refractivity contribution >= 4 is 48.7 Å². The molecule has 0 saturated heterocycles. The summed E-state index contributed by atoms with van der Waals surface area (Å²) in [6.07, 6.45) is 0. The van der Waals surface area contributed by atoms with E-state index in [1.165, 1.54) is 22.7 Å². The van der Waals surface area contributed by atoms with Crippen LogP contribution in [0.5, 0.6) is 0 Å². The summed E-state index contributed by atoms with van der Waals surface area (Å²) in [4.78, 5) is 0. The van der Waals surface area contributed by atoms with Crippen LogP contribution >= 0.6 is 27.3 Å². The molecule has 0 atom stereocenters. The summed E-state index contributed by atoms with van der Waals surface area (Å²) in [5.41, 5.74) is 6.69. The Kier molecular flexibility index (Phi) is 3.65. The molecule has 0 spiro atoms. The van der Waals surface area contributed by atoms with Gasteiger partial charge in [-0.05, 0) is 40.2 Å². The van der Waals surface area contributed by atoms with Crippen molar-refractivity contribution in [2.45, 2.75) is 4.21 Å². The second-order valence-electron chi connectivity index (χ2n) is 3.59. The lowest BCUT2D eigenvalue weighted by atomic mass is 10.3. The lowest BCUT2D eigenvalue weighted by molar-refractivity contribution is 0.596. The Morgan fingerprint density at radius 3 is 2.44 bits per heavy atom. The molecule has 0 aliphatic carbocycles. The van der Waals surface area contributed by atoms with Crippen LogP contribution < -0.4 is 10.0 Å². The molecule has 7 heteroatoms. The number of anilines is 2. The smallest absolute Gasteiger partial charge is 0.273 e. The van der Waals surface area contributed by atoms with Crippen LogP contribution in [0.2, 0.25) is 0 Å². The molecule has 0 radical (unpaired) electrons. The molecular formula is C11H11BrN2O2S2. The first-order valence-electron chi connectivity index (χ1n) is 5.01. The number of benzene rings is 1. The molecule has 1 aromatic carbocycles. The minimum absolute atomic E-state index is 0.278. The summed E-state index contributed by atoms with van der Waals surface area (Å²) in [5, 5.41) is 0. The van der Waals surface area contributed by atoms with Crippen LogP contribution in [0, 0.1) is 0 Å². The second-order valence-corrected chi connectivity index (χ2v) is 8.25. The van der Waals surface area contributed by atoms with E-state index in [0.29, 0.717) is 11.4 Å². The van der Waals surface area contributed by atoms with Gasteiger partial charge in [-0.15, -0.1) is 11.3 Å². The van der Waals surface area contributed by atoms with Gasteiger partial charge in [0.15, 0.2) is 0 Å². The monoisotopic (exact) mass is 346 g/mol. The quantitative estimate of drug-likeness (QED) is 0.869. The molecule has 1 heterocycles. The van der Waals surface area contributed by atoms with E-state index >= 15 is 0 Å². The number of nitrogen functional groups attached to an aromatic ring is 1. The van der Waals surface area contributed by atoms with Gasteiger partial charge in [0.1, 0.15) is 4.21 Å². The van der Waals surface area contributed by atoms with Gasteiger partial charge in [-0.2, -0.15) is 0 Å². The predicted octanol–water partition coefficient (Wildman–Crippen LogP) is 2.92. The summed E-state index contributed by atoms with van der Waals surface area (Å²) in [6.45, 7) is 0. The molecule has 2 aromatic rings. The van der Waals surface area contributed by atoms with Crippen LogP contribution in [0.15, 0.2) is 44.4 Å². The molecule has 2 N–H and O–H groups in total. The maximum atomic E-state index is 12.4. The largest absolute Gasteiger partial charge is 0.397 e. The SMILES string of the molecule is CN(c1ccccc1N)S(=O)(=O)c1ccc(Br)s1. The maximum absolute atomic E-state index is 12.4. The molecule has 0 fully saturated rings. The van der Waals surface area contributed by atoms with Gasteiger partial charge >= 0.3 is 0 Å². The van der Waals surface area contributed by atoms with Crippen LogP contribution in [0.3, 0.4) is 0 Å². The minimum atomic E-state index is -3.55. The molecule has 0 aliphatic heterocycles. The van der Waals surface area contributed by atoms with Crippen molar-refractivity contribution in [1.82, 2.24) is 0 Å². The van der Waals surface area contributed by atoms with Gasteiger partial charge in [-0.25, -0.2) is 8.42 Å². The first-order chi connectivity index (χ1) is 8.43. The third-order valence-corrected chi connectivity index (χ3v) is 6.30. The summed E-state index contributed by atoms with van der Waals surface area (Å²) >= 11 is 4.43. The molecule has 0 saturated carbocycles. The number of hydrogen-bond acceptors (Lipinski definition) is 4. The van der Waals surface area contributed by atoms with Crippen molar-refractivity contribution in [3.05, 3.63) is 40.2 Å². The fourth-order valence-corrected chi connectivity index (χ4v) is 4.88. The van der Waals surface area contributed by atoms with Crippen LogP contribution in [0.4, 0.5) is 11.4 Å². The van der Waals surface area contributed by atoms with Crippen LogP contribution in [0.25, 0.3) is 0 Å². The number of rotatable bonds is 3. The van der Waals surface area contributed by atoms with Crippen molar-refractivity contribution in [3.63, 3.8) is 0 Å². The Labute approximate surface area is 118 Å². The third kappa shape index (κ3) is 2.38.